The first-order chi connectivity index (χ1) is 8.92. The molecule has 0 atom stereocenters. The van der Waals surface area contributed by atoms with Gasteiger partial charge in [0, 0.05) is 19.5 Å². The molecule has 112 valence electrons. The van der Waals surface area contributed by atoms with Gasteiger partial charge in [0.25, 0.3) is 5.17 Å². The highest BCUT2D eigenvalue weighted by Gasteiger charge is 2.09. The lowest BCUT2D eigenvalue weighted by atomic mass is 10.5. The minimum atomic E-state index is -0.422. The maximum atomic E-state index is 10.7. The first-order valence-corrected chi connectivity index (χ1v) is 6.82. The van der Waals surface area contributed by atoms with Crippen molar-refractivity contribution in [3.63, 3.8) is 0 Å². The Bertz CT molecular complexity index is 284. The molecule has 0 heterocycles. The first-order valence-electron chi connectivity index (χ1n) is 6.01. The Morgan fingerprint density at radius 3 is 1.89 bits per heavy atom. The van der Waals surface area contributed by atoms with E-state index >= 15 is 0 Å². The molecule has 0 amide bonds. The van der Waals surface area contributed by atoms with Crippen LogP contribution in [0.1, 0.15) is 34.1 Å². The van der Waals surface area contributed by atoms with Crippen molar-refractivity contribution in [2.45, 2.75) is 34.1 Å². The number of ether oxygens (including phenoxy) is 1. The number of nitrogens with two attached hydrogens (primary N) is 1. The molecule has 0 aliphatic heterocycles. The number of hydrogen-bond acceptors (Lipinski definition) is 6. The van der Waals surface area contributed by atoms with Crippen molar-refractivity contribution < 1.29 is 19.3 Å². The van der Waals surface area contributed by atoms with Gasteiger partial charge in [0.05, 0.1) is 6.61 Å². The molecule has 0 aliphatic rings. The predicted molar refractivity (Wildman–Crippen MR) is 81.4 cm³/mol. The van der Waals surface area contributed by atoms with Crippen molar-refractivity contribution in [1.29, 1.82) is 0 Å². The summed E-state index contributed by atoms with van der Waals surface area (Å²) >= 11 is 9.22. The van der Waals surface area contributed by atoms with E-state index in [2.05, 4.69) is 26.7 Å². The maximum Gasteiger partial charge on any atom is 0.355 e. The number of carbonyl (C=O) groups is 1. The summed E-state index contributed by atoms with van der Waals surface area (Å²) in [5, 5.41) is 0.323. The summed E-state index contributed by atoms with van der Waals surface area (Å²) in [5.74, 6) is -0.422. The van der Waals surface area contributed by atoms with E-state index in [1.807, 2.05) is 20.8 Å². The molecule has 0 aromatic carbocycles. The third-order valence-corrected chi connectivity index (χ3v) is 2.25. The molecule has 0 bridgehead atoms. The summed E-state index contributed by atoms with van der Waals surface area (Å²) in [7, 11) is 0. The van der Waals surface area contributed by atoms with Crippen molar-refractivity contribution in [1.82, 2.24) is 4.90 Å². The van der Waals surface area contributed by atoms with Gasteiger partial charge in [-0.25, -0.2) is 9.68 Å². The molecule has 19 heavy (non-hydrogen) atoms. The normalized spacial score (nSPS) is 8.63. The van der Waals surface area contributed by atoms with Crippen LogP contribution < -0.4 is 5.73 Å². The van der Waals surface area contributed by atoms with E-state index < -0.39 is 5.97 Å². The molecule has 0 unspecified atom stereocenters. The fraction of sp³-hybridized carbons (Fsp3) is 0.727. The molecule has 0 spiro atoms. The second kappa shape index (κ2) is 13.3. The zero-order chi connectivity index (χ0) is 15.3. The molecule has 0 saturated heterocycles. The third kappa shape index (κ3) is 13.1. The molecule has 0 radical (unpaired) electrons. The Labute approximate surface area is 125 Å². The van der Waals surface area contributed by atoms with E-state index in [1.54, 1.807) is 11.8 Å². The Kier molecular flexibility index (Phi) is 14.1. The van der Waals surface area contributed by atoms with Gasteiger partial charge >= 0.3 is 11.1 Å². The first kappa shape index (κ1) is 20.2. The molecular weight excluding hydrogens is 288 g/mol. The van der Waals surface area contributed by atoms with Gasteiger partial charge in [0.1, 0.15) is 0 Å². The van der Waals surface area contributed by atoms with Gasteiger partial charge in [-0.3, -0.25) is 4.89 Å². The Morgan fingerprint density at radius 2 is 1.63 bits per heavy atom. The lowest BCUT2D eigenvalue weighted by Gasteiger charge is -2.18. The molecule has 2 N–H and O–H groups in total. The highest BCUT2D eigenvalue weighted by Crippen LogP contribution is 1.96. The summed E-state index contributed by atoms with van der Waals surface area (Å²) in [5.41, 5.74) is 4.91. The van der Waals surface area contributed by atoms with Crippen molar-refractivity contribution in [3.8, 4) is 0 Å². The van der Waals surface area contributed by atoms with Crippen LogP contribution >= 0.6 is 24.4 Å². The van der Waals surface area contributed by atoms with Crippen LogP contribution in [0.25, 0.3) is 0 Å². The summed E-state index contributed by atoms with van der Waals surface area (Å²) in [6.07, 6.45) is 0.279. The van der Waals surface area contributed by atoms with Crippen LogP contribution in [-0.2, 0) is 19.3 Å². The average Bonchev–Trinajstić information content (AvgIpc) is 2.37. The molecule has 0 fully saturated rings. The number of carbonyl (C=O) groups excluding carboxylic acids is 1. The standard InChI is InChI=1S/C8H15NO3S.C3H7NOS/c1-4-7(10)11-12-8(13)9(5-2)6-3;1-2-5-3(4)6/h4-6H2,1-3H3;2H2,1H3,(H2,4,6). The van der Waals surface area contributed by atoms with Crippen LogP contribution in [0.15, 0.2) is 0 Å². The molecule has 0 saturated carbocycles. The van der Waals surface area contributed by atoms with E-state index in [-0.39, 0.29) is 16.8 Å². The van der Waals surface area contributed by atoms with Crippen LogP contribution in [0.5, 0.6) is 0 Å². The third-order valence-electron chi connectivity index (χ3n) is 1.80. The van der Waals surface area contributed by atoms with E-state index in [4.69, 9.17) is 18.0 Å². The molecule has 0 aliphatic carbocycles. The molecular formula is C11H22N2O4S2. The van der Waals surface area contributed by atoms with Crippen molar-refractivity contribution in [2.75, 3.05) is 19.7 Å². The smallest absolute Gasteiger partial charge is 0.355 e. The fourth-order valence-corrected chi connectivity index (χ4v) is 1.23. The van der Waals surface area contributed by atoms with Gasteiger partial charge in [-0.15, -0.1) is 0 Å². The summed E-state index contributed by atoms with van der Waals surface area (Å²) < 4.78 is 4.55. The zero-order valence-electron chi connectivity index (χ0n) is 11.8. The number of rotatable bonds is 4. The minimum absolute atomic E-state index is 0.123. The largest absolute Gasteiger partial charge is 0.472 e. The van der Waals surface area contributed by atoms with Crippen LogP contribution in [0.2, 0.25) is 0 Å². The molecule has 8 heteroatoms. The quantitative estimate of drug-likeness (QED) is 0.478. The summed E-state index contributed by atoms with van der Waals surface area (Å²) in [6, 6.07) is 0. The topological polar surface area (TPSA) is 74.0 Å². The van der Waals surface area contributed by atoms with Crippen LogP contribution in [0.4, 0.5) is 0 Å². The van der Waals surface area contributed by atoms with Gasteiger partial charge in [-0.05, 0) is 45.2 Å². The SMILES string of the molecule is CCC(=O)OOC(=S)N(CC)CC.CCOC(N)=S. The second-order valence-electron chi connectivity index (χ2n) is 3.08. The predicted octanol–water partition coefficient (Wildman–Crippen LogP) is 1.76. The molecule has 0 aromatic rings. The Morgan fingerprint density at radius 1 is 1.11 bits per heavy atom. The van der Waals surface area contributed by atoms with Crippen LogP contribution in [-0.4, -0.2) is 40.9 Å². The van der Waals surface area contributed by atoms with Gasteiger partial charge < -0.3 is 15.4 Å². The maximum absolute atomic E-state index is 10.7. The molecule has 6 nitrogen and oxygen atoms in total. The second-order valence-corrected chi connectivity index (χ2v) is 3.83. The highest BCUT2D eigenvalue weighted by atomic mass is 32.1. The van der Waals surface area contributed by atoms with Gasteiger partial charge in [-0.2, -0.15) is 0 Å². The average molecular weight is 310 g/mol. The van der Waals surface area contributed by atoms with E-state index in [1.165, 1.54) is 0 Å². The van der Waals surface area contributed by atoms with Crippen molar-refractivity contribution in [2.24, 2.45) is 5.73 Å². The van der Waals surface area contributed by atoms with Gasteiger partial charge in [-0.1, -0.05) is 6.92 Å². The number of thiocarbonyl (C=S) groups is 2. The highest BCUT2D eigenvalue weighted by molar-refractivity contribution is 7.80. The lowest BCUT2D eigenvalue weighted by molar-refractivity contribution is -0.225. The summed E-state index contributed by atoms with van der Waals surface area (Å²) in [4.78, 5) is 21.5. The van der Waals surface area contributed by atoms with E-state index in [9.17, 15) is 4.79 Å². The van der Waals surface area contributed by atoms with E-state index in [0.29, 0.717) is 6.61 Å². The van der Waals surface area contributed by atoms with Crippen LogP contribution in [0.3, 0.4) is 0 Å². The van der Waals surface area contributed by atoms with Gasteiger partial charge in [0.2, 0.25) is 0 Å². The lowest BCUT2D eigenvalue weighted by Crippen LogP contribution is -2.31. The number of hydrogen-bond donors (Lipinski definition) is 1. The van der Waals surface area contributed by atoms with Crippen molar-refractivity contribution in [3.05, 3.63) is 0 Å². The number of nitrogens with zero attached hydrogens (tertiary/aromatic N) is 1. The zero-order valence-corrected chi connectivity index (χ0v) is 13.4. The Hall–Kier alpha value is -1.15. The minimum Gasteiger partial charge on any atom is -0.472 e. The summed E-state index contributed by atoms with van der Waals surface area (Å²) in [6.45, 7) is 9.44. The van der Waals surface area contributed by atoms with E-state index in [0.717, 1.165) is 13.1 Å². The Balaban J connectivity index is 0. The fourth-order valence-electron chi connectivity index (χ4n) is 0.818. The van der Waals surface area contributed by atoms with Gasteiger partial charge in [0.15, 0.2) is 0 Å². The monoisotopic (exact) mass is 310 g/mol. The molecule has 0 rings (SSSR count). The van der Waals surface area contributed by atoms with Crippen molar-refractivity contribution >= 4 is 40.8 Å². The molecule has 0 aromatic heterocycles. The van der Waals surface area contributed by atoms with Crippen LogP contribution in [0, 0.1) is 0 Å².